The van der Waals surface area contributed by atoms with E-state index in [9.17, 15) is 19.3 Å². The fraction of sp³-hybridized carbons (Fsp3) is 0.674. The van der Waals surface area contributed by atoms with Gasteiger partial charge in [-0.25, -0.2) is 4.57 Å². The van der Waals surface area contributed by atoms with Crippen molar-refractivity contribution in [3.05, 3.63) is 72.9 Å². The molecule has 0 rings (SSSR count). The number of aliphatic hydroxyl groups excluding tert-OH is 1. The van der Waals surface area contributed by atoms with E-state index >= 15 is 0 Å². The molecule has 10 heteroatoms. The number of carbonyl (C=O) groups excluding carboxylic acids is 2. The van der Waals surface area contributed by atoms with Crippen molar-refractivity contribution in [2.75, 3.05) is 13.2 Å². The highest BCUT2D eigenvalue weighted by Gasteiger charge is 2.22. The van der Waals surface area contributed by atoms with Crippen LogP contribution in [0, 0.1) is 5.92 Å². The van der Waals surface area contributed by atoms with Crippen molar-refractivity contribution in [1.82, 2.24) is 0 Å². The third-order valence-electron chi connectivity index (χ3n) is 8.26. The topological polar surface area (TPSA) is 140 Å². The summed E-state index contributed by atoms with van der Waals surface area (Å²) in [5, 5.41) is 10.1. The van der Waals surface area contributed by atoms with Crippen LogP contribution in [-0.4, -0.2) is 52.3 Å². The molecule has 0 radical (unpaired) electrons. The molecule has 1 unspecified atom stereocenters. The monoisotopic (exact) mass is 764 g/mol. The van der Waals surface area contributed by atoms with Crippen molar-refractivity contribution >= 4 is 19.8 Å². The van der Waals surface area contributed by atoms with E-state index in [1.165, 1.54) is 57.8 Å². The Morgan fingerprint density at radius 2 is 1.19 bits per heavy atom. The summed E-state index contributed by atoms with van der Waals surface area (Å²) >= 11 is 0. The molecule has 9 nitrogen and oxygen atoms in total. The summed E-state index contributed by atoms with van der Waals surface area (Å²) in [6.45, 7) is 5.73. The maximum atomic E-state index is 12.4. The van der Waals surface area contributed by atoms with Crippen LogP contribution >= 0.6 is 7.82 Å². The number of esters is 2. The molecule has 53 heavy (non-hydrogen) atoms. The predicted octanol–water partition coefficient (Wildman–Crippen LogP) is 11.1. The van der Waals surface area contributed by atoms with E-state index in [0.29, 0.717) is 19.3 Å². The van der Waals surface area contributed by atoms with Gasteiger partial charge in [-0.2, -0.15) is 0 Å². The molecule has 0 heterocycles. The van der Waals surface area contributed by atoms with Crippen molar-refractivity contribution in [3.8, 4) is 0 Å². The first kappa shape index (κ1) is 50.5. The molecule has 0 aliphatic heterocycles. The Hall–Kier alpha value is -2.55. The number of hydrogen-bond acceptors (Lipinski definition) is 7. The van der Waals surface area contributed by atoms with Crippen LogP contribution < -0.4 is 0 Å². The Balaban J connectivity index is 4.17. The zero-order valence-corrected chi connectivity index (χ0v) is 34.1. The lowest BCUT2D eigenvalue weighted by Gasteiger charge is -2.18. The molecule has 0 saturated carbocycles. The summed E-state index contributed by atoms with van der Waals surface area (Å²) in [6.07, 6.45) is 42.3. The molecule has 0 aliphatic rings. The molecule has 304 valence electrons. The minimum absolute atomic E-state index is 0.0584. The summed E-state index contributed by atoms with van der Waals surface area (Å²) in [5.41, 5.74) is 0. The van der Waals surface area contributed by atoms with Crippen LogP contribution in [0.1, 0.15) is 156 Å². The van der Waals surface area contributed by atoms with Gasteiger partial charge in [0, 0.05) is 12.8 Å². The van der Waals surface area contributed by atoms with Crippen LogP contribution in [-0.2, 0) is 28.2 Å². The first-order valence-electron chi connectivity index (χ1n) is 20.2. The van der Waals surface area contributed by atoms with Crippen LogP contribution in [0.2, 0.25) is 0 Å². The SMILES string of the molecule is CC/C=C\C/C=C\C/C=C\C/C=C\C=C/C(O)C/C=C\CCC(=O)OC[C@H](COP(=O)(O)O)OC(=O)CCCCCCCCCCCCCCC(C)C. The molecule has 3 N–H and O–H groups in total. The van der Waals surface area contributed by atoms with E-state index < -0.39 is 38.6 Å². The summed E-state index contributed by atoms with van der Waals surface area (Å²) in [6, 6.07) is 0. The second-order valence-electron chi connectivity index (χ2n) is 13.9. The number of allylic oxidation sites excluding steroid dienone is 10. The Morgan fingerprint density at radius 3 is 1.75 bits per heavy atom. The number of phosphoric ester groups is 1. The highest BCUT2D eigenvalue weighted by Crippen LogP contribution is 2.36. The van der Waals surface area contributed by atoms with Crippen LogP contribution in [0.3, 0.4) is 0 Å². The molecule has 0 spiro atoms. The van der Waals surface area contributed by atoms with Gasteiger partial charge in [-0.15, -0.1) is 0 Å². The van der Waals surface area contributed by atoms with Crippen LogP contribution in [0.15, 0.2) is 72.9 Å². The smallest absolute Gasteiger partial charge is 0.462 e. The standard InChI is InChI=1S/C43H73O9P/c1-4-5-6-7-8-9-10-11-15-18-21-24-28-33-40(44)34-29-26-31-35-42(45)50-37-41(38-51-53(47,48)49)52-43(46)36-30-25-22-19-16-13-12-14-17-20-23-27-32-39(2)3/h5-6,8-9,11,15,21,24,26,28-29,33,39-41,44H,4,7,10,12-14,16-20,22-23,25,27,30-32,34-38H2,1-3H3,(H2,47,48,49)/b6-5-,9-8-,15-11-,24-21-,29-26-,33-28-/t40?,41-/m1/s1. The zero-order chi connectivity index (χ0) is 39.3. The fourth-order valence-electron chi connectivity index (χ4n) is 5.26. The van der Waals surface area contributed by atoms with Gasteiger partial charge >= 0.3 is 19.8 Å². The average molecular weight is 765 g/mol. The normalized spacial score (nSPS) is 13.9. The highest BCUT2D eigenvalue weighted by atomic mass is 31.2. The van der Waals surface area contributed by atoms with Gasteiger partial charge < -0.3 is 24.4 Å². The van der Waals surface area contributed by atoms with E-state index in [4.69, 9.17) is 19.3 Å². The Morgan fingerprint density at radius 1 is 0.642 bits per heavy atom. The molecule has 0 aromatic heterocycles. The highest BCUT2D eigenvalue weighted by molar-refractivity contribution is 7.46. The lowest BCUT2D eigenvalue weighted by molar-refractivity contribution is -0.161. The van der Waals surface area contributed by atoms with E-state index in [1.54, 1.807) is 18.2 Å². The van der Waals surface area contributed by atoms with E-state index in [2.05, 4.69) is 61.8 Å². The first-order valence-corrected chi connectivity index (χ1v) is 21.7. The number of unbranched alkanes of at least 4 members (excludes halogenated alkanes) is 11. The van der Waals surface area contributed by atoms with E-state index in [-0.39, 0.29) is 19.4 Å². The van der Waals surface area contributed by atoms with Crippen LogP contribution in [0.4, 0.5) is 0 Å². The maximum Gasteiger partial charge on any atom is 0.469 e. The first-order chi connectivity index (χ1) is 25.5. The quantitative estimate of drug-likeness (QED) is 0.0189. The van der Waals surface area contributed by atoms with Crippen molar-refractivity contribution < 1.29 is 43.0 Å². The van der Waals surface area contributed by atoms with E-state index in [1.807, 2.05) is 18.2 Å². The van der Waals surface area contributed by atoms with Gasteiger partial charge in [0.1, 0.15) is 6.61 Å². The van der Waals surface area contributed by atoms with Crippen molar-refractivity contribution in [1.29, 1.82) is 0 Å². The molecule has 0 amide bonds. The Bertz CT molecular complexity index is 1120. The molecule has 2 atom stereocenters. The third-order valence-corrected chi connectivity index (χ3v) is 8.75. The number of hydrogen-bond donors (Lipinski definition) is 3. The van der Waals surface area contributed by atoms with E-state index in [0.717, 1.165) is 50.9 Å². The third kappa shape index (κ3) is 40.5. The molecular weight excluding hydrogens is 691 g/mol. The van der Waals surface area contributed by atoms with Crippen molar-refractivity contribution in [3.63, 3.8) is 0 Å². The number of rotatable bonds is 35. The average Bonchev–Trinajstić information content (AvgIpc) is 3.10. The van der Waals surface area contributed by atoms with Gasteiger partial charge in [0.25, 0.3) is 0 Å². The molecule has 0 aromatic rings. The van der Waals surface area contributed by atoms with Gasteiger partial charge in [0.15, 0.2) is 6.10 Å². The minimum atomic E-state index is -4.80. The zero-order valence-electron chi connectivity index (χ0n) is 33.2. The van der Waals surface area contributed by atoms with Crippen LogP contribution in [0.5, 0.6) is 0 Å². The lowest BCUT2D eigenvalue weighted by Crippen LogP contribution is -2.29. The summed E-state index contributed by atoms with van der Waals surface area (Å²) in [4.78, 5) is 42.8. The number of phosphoric acid groups is 1. The summed E-state index contributed by atoms with van der Waals surface area (Å²) in [5.74, 6) is -0.265. The molecule has 0 aliphatic carbocycles. The maximum absolute atomic E-state index is 12.4. The predicted molar refractivity (Wildman–Crippen MR) is 217 cm³/mol. The Kier molecular flexibility index (Phi) is 34.7. The van der Waals surface area contributed by atoms with Gasteiger partial charge in [0.05, 0.1) is 12.7 Å². The van der Waals surface area contributed by atoms with Gasteiger partial charge in [0.2, 0.25) is 0 Å². The summed E-state index contributed by atoms with van der Waals surface area (Å²) in [7, 11) is -4.80. The second-order valence-corrected chi connectivity index (χ2v) is 15.2. The molecule has 0 fully saturated rings. The lowest BCUT2D eigenvalue weighted by atomic mass is 10.0. The minimum Gasteiger partial charge on any atom is -0.462 e. The van der Waals surface area contributed by atoms with Crippen molar-refractivity contribution in [2.24, 2.45) is 5.92 Å². The largest absolute Gasteiger partial charge is 0.469 e. The Labute approximate surface area is 322 Å². The summed E-state index contributed by atoms with van der Waals surface area (Å²) < 4.78 is 26.2. The number of ether oxygens (including phenoxy) is 2. The molecule has 0 aromatic carbocycles. The molecule has 0 bridgehead atoms. The number of aliphatic hydroxyl groups is 1. The molecular formula is C43H73O9P. The fourth-order valence-corrected chi connectivity index (χ4v) is 5.62. The second kappa shape index (κ2) is 36.4. The van der Waals surface area contributed by atoms with Gasteiger partial charge in [-0.3, -0.25) is 14.1 Å². The van der Waals surface area contributed by atoms with Crippen LogP contribution in [0.25, 0.3) is 0 Å². The molecule has 0 saturated heterocycles. The number of carbonyl (C=O) groups is 2. The van der Waals surface area contributed by atoms with Gasteiger partial charge in [-0.05, 0) is 50.9 Å². The van der Waals surface area contributed by atoms with Crippen molar-refractivity contribution in [2.45, 2.75) is 168 Å². The van der Waals surface area contributed by atoms with Gasteiger partial charge in [-0.1, -0.05) is 171 Å².